The fourth-order valence-corrected chi connectivity index (χ4v) is 3.78. The largest absolute Gasteiger partial charge is 0.477 e. The SMILES string of the molecule is Cl.O=C(O)c1cn(-c2ccc(F)cc2)c2c(F)c(N3CCNC(CF)C3)c(F)cc2c1=O. The average Bonchev–Trinajstić information content (AvgIpc) is 2.75. The van der Waals surface area contributed by atoms with E-state index in [2.05, 4.69) is 5.32 Å². The Morgan fingerprint density at radius 1 is 1.19 bits per heavy atom. The van der Waals surface area contributed by atoms with Crippen molar-refractivity contribution in [1.29, 1.82) is 0 Å². The number of fused-ring (bicyclic) bond motifs is 1. The lowest BCUT2D eigenvalue weighted by Crippen LogP contribution is -2.52. The summed E-state index contributed by atoms with van der Waals surface area (Å²) in [4.78, 5) is 25.5. The van der Waals surface area contributed by atoms with E-state index >= 15 is 4.39 Å². The number of rotatable bonds is 4. The van der Waals surface area contributed by atoms with Crippen molar-refractivity contribution in [3.05, 3.63) is 69.8 Å². The third-order valence-corrected chi connectivity index (χ3v) is 5.25. The Hall–Kier alpha value is -3.11. The van der Waals surface area contributed by atoms with E-state index < -0.39 is 58.2 Å². The Balaban J connectivity index is 0.00000289. The van der Waals surface area contributed by atoms with Gasteiger partial charge in [0.25, 0.3) is 0 Å². The van der Waals surface area contributed by atoms with Gasteiger partial charge in [0.2, 0.25) is 5.43 Å². The average molecular weight is 472 g/mol. The molecule has 0 aliphatic carbocycles. The van der Waals surface area contributed by atoms with Crippen LogP contribution in [0.1, 0.15) is 10.4 Å². The first-order valence-corrected chi connectivity index (χ1v) is 9.42. The maximum absolute atomic E-state index is 15.7. The predicted octanol–water partition coefficient (Wildman–Crippen LogP) is 3.28. The molecule has 2 heterocycles. The number of alkyl halides is 1. The quantitative estimate of drug-likeness (QED) is 0.571. The van der Waals surface area contributed by atoms with E-state index in [4.69, 9.17) is 0 Å². The number of hydrogen-bond donors (Lipinski definition) is 2. The number of carboxylic acids is 1. The van der Waals surface area contributed by atoms with Crippen molar-refractivity contribution in [1.82, 2.24) is 9.88 Å². The highest BCUT2D eigenvalue weighted by atomic mass is 35.5. The molecule has 1 aliphatic heterocycles. The summed E-state index contributed by atoms with van der Waals surface area (Å²) in [5.41, 5.74) is -2.36. The van der Waals surface area contributed by atoms with Gasteiger partial charge in [-0.05, 0) is 30.3 Å². The summed E-state index contributed by atoms with van der Waals surface area (Å²) in [6.45, 7) is -0.225. The molecule has 2 N–H and O–H groups in total. The third-order valence-electron chi connectivity index (χ3n) is 5.25. The summed E-state index contributed by atoms with van der Waals surface area (Å²) in [5, 5.41) is 11.8. The first-order chi connectivity index (χ1) is 14.8. The molecular formula is C21H18ClF4N3O3. The van der Waals surface area contributed by atoms with Crippen molar-refractivity contribution in [2.45, 2.75) is 6.04 Å². The van der Waals surface area contributed by atoms with E-state index in [1.807, 2.05) is 0 Å². The van der Waals surface area contributed by atoms with Gasteiger partial charge in [-0.25, -0.2) is 22.4 Å². The van der Waals surface area contributed by atoms with Crippen LogP contribution < -0.4 is 15.6 Å². The van der Waals surface area contributed by atoms with Crippen molar-refractivity contribution in [2.75, 3.05) is 31.2 Å². The third kappa shape index (κ3) is 4.03. The van der Waals surface area contributed by atoms with Gasteiger partial charge in [-0.3, -0.25) is 4.79 Å². The number of carbonyl (C=O) groups is 1. The number of piperazine rings is 1. The molecule has 4 rings (SSSR count). The van der Waals surface area contributed by atoms with E-state index in [0.717, 1.165) is 29.0 Å². The van der Waals surface area contributed by atoms with Crippen LogP contribution in [-0.2, 0) is 0 Å². The molecule has 32 heavy (non-hydrogen) atoms. The molecule has 1 atom stereocenters. The number of halogens is 5. The fraction of sp³-hybridized carbons (Fsp3) is 0.238. The van der Waals surface area contributed by atoms with Crippen LogP contribution >= 0.6 is 12.4 Å². The molecule has 6 nitrogen and oxygen atoms in total. The van der Waals surface area contributed by atoms with Crippen molar-refractivity contribution >= 4 is 35.0 Å². The second kappa shape index (κ2) is 9.17. The zero-order chi connectivity index (χ0) is 22.3. The van der Waals surface area contributed by atoms with Gasteiger partial charge >= 0.3 is 5.97 Å². The van der Waals surface area contributed by atoms with E-state index in [1.165, 1.54) is 17.0 Å². The van der Waals surface area contributed by atoms with Gasteiger partial charge in [-0.15, -0.1) is 12.4 Å². The minimum atomic E-state index is -1.57. The highest BCUT2D eigenvalue weighted by molar-refractivity contribution is 5.94. The smallest absolute Gasteiger partial charge is 0.341 e. The summed E-state index contributed by atoms with van der Waals surface area (Å²) in [7, 11) is 0. The molecule has 0 spiro atoms. The second-order valence-electron chi connectivity index (χ2n) is 7.19. The summed E-state index contributed by atoms with van der Waals surface area (Å²) < 4.78 is 58.2. The van der Waals surface area contributed by atoms with Crippen LogP contribution in [-0.4, -0.2) is 48.0 Å². The van der Waals surface area contributed by atoms with E-state index in [0.29, 0.717) is 6.54 Å². The van der Waals surface area contributed by atoms with Crippen LogP contribution in [0.4, 0.5) is 23.2 Å². The van der Waals surface area contributed by atoms with Crippen LogP contribution in [0.5, 0.6) is 0 Å². The Kier molecular flexibility index (Phi) is 6.75. The summed E-state index contributed by atoms with van der Waals surface area (Å²) in [5.74, 6) is -4.29. The standard InChI is InChI=1S/C21H17F4N3O3.ClH/c22-8-12-9-27(6-5-26-12)19-16(24)7-14-18(17(19)25)28(10-15(20(14)29)21(30)31)13-3-1-11(23)2-4-13;/h1-4,7,10,12,26H,5-6,8-9H2,(H,30,31);1H. The molecule has 0 bridgehead atoms. The van der Waals surface area contributed by atoms with Crippen molar-refractivity contribution in [3.63, 3.8) is 0 Å². The highest BCUT2D eigenvalue weighted by Gasteiger charge is 2.28. The molecule has 2 aromatic carbocycles. The van der Waals surface area contributed by atoms with E-state index in [-0.39, 0.29) is 36.7 Å². The summed E-state index contributed by atoms with van der Waals surface area (Å²) in [6, 6.07) is 4.90. The molecule has 170 valence electrons. The van der Waals surface area contributed by atoms with Crippen molar-refractivity contribution < 1.29 is 27.5 Å². The zero-order valence-corrected chi connectivity index (χ0v) is 17.3. The Morgan fingerprint density at radius 3 is 2.50 bits per heavy atom. The van der Waals surface area contributed by atoms with Crippen molar-refractivity contribution in [2.24, 2.45) is 0 Å². The maximum atomic E-state index is 15.7. The van der Waals surface area contributed by atoms with E-state index in [1.54, 1.807) is 0 Å². The molecule has 3 aromatic rings. The number of nitrogens with zero attached hydrogens (tertiary/aromatic N) is 2. The highest BCUT2D eigenvalue weighted by Crippen LogP contribution is 2.32. The number of hydrogen-bond acceptors (Lipinski definition) is 4. The topological polar surface area (TPSA) is 74.6 Å². The molecule has 0 amide bonds. The number of carboxylic acid groups (broad SMARTS) is 1. The Bertz CT molecular complexity index is 1230. The molecule has 0 saturated carbocycles. The number of aromatic nitrogens is 1. The first-order valence-electron chi connectivity index (χ1n) is 9.42. The lowest BCUT2D eigenvalue weighted by atomic mass is 10.1. The number of aromatic carboxylic acids is 1. The summed E-state index contributed by atoms with van der Waals surface area (Å²) in [6.07, 6.45) is 0.924. The first kappa shape index (κ1) is 23.6. The molecular weight excluding hydrogens is 454 g/mol. The van der Waals surface area contributed by atoms with Crippen LogP contribution in [0.2, 0.25) is 0 Å². The van der Waals surface area contributed by atoms with Gasteiger partial charge < -0.3 is 19.9 Å². The second-order valence-corrected chi connectivity index (χ2v) is 7.19. The Labute approximate surface area is 185 Å². The number of pyridine rings is 1. The summed E-state index contributed by atoms with van der Waals surface area (Å²) >= 11 is 0. The van der Waals surface area contributed by atoms with Crippen LogP contribution in [0.25, 0.3) is 16.6 Å². The minimum absolute atomic E-state index is 0. The zero-order valence-electron chi connectivity index (χ0n) is 16.4. The lowest BCUT2D eigenvalue weighted by molar-refractivity contribution is 0.0695. The van der Waals surface area contributed by atoms with E-state index in [9.17, 15) is 27.9 Å². The molecule has 11 heteroatoms. The molecule has 1 aromatic heterocycles. The van der Waals surface area contributed by atoms with Gasteiger partial charge in [0, 0.05) is 31.5 Å². The lowest BCUT2D eigenvalue weighted by Gasteiger charge is -2.34. The fourth-order valence-electron chi connectivity index (χ4n) is 3.78. The molecule has 1 saturated heterocycles. The van der Waals surface area contributed by atoms with Gasteiger partial charge in [-0.2, -0.15) is 0 Å². The normalized spacial score (nSPS) is 16.1. The van der Waals surface area contributed by atoms with Crippen LogP contribution in [0.15, 0.2) is 41.3 Å². The van der Waals surface area contributed by atoms with Gasteiger partial charge in [0.05, 0.1) is 16.9 Å². The number of anilines is 1. The minimum Gasteiger partial charge on any atom is -0.477 e. The number of benzene rings is 2. The maximum Gasteiger partial charge on any atom is 0.341 e. The molecule has 1 unspecified atom stereocenters. The molecule has 1 aliphatic rings. The van der Waals surface area contributed by atoms with Crippen molar-refractivity contribution in [3.8, 4) is 5.69 Å². The predicted molar refractivity (Wildman–Crippen MR) is 114 cm³/mol. The molecule has 0 radical (unpaired) electrons. The van der Waals surface area contributed by atoms with Crippen LogP contribution in [0.3, 0.4) is 0 Å². The van der Waals surface area contributed by atoms with Gasteiger partial charge in [0.15, 0.2) is 5.82 Å². The number of nitrogens with one attached hydrogen (secondary N) is 1. The van der Waals surface area contributed by atoms with Gasteiger partial charge in [0.1, 0.15) is 29.6 Å². The Morgan fingerprint density at radius 2 is 1.88 bits per heavy atom. The van der Waals surface area contributed by atoms with Gasteiger partial charge in [-0.1, -0.05) is 0 Å². The monoisotopic (exact) mass is 471 g/mol. The van der Waals surface area contributed by atoms with Crippen LogP contribution in [0, 0.1) is 17.5 Å². The molecule has 1 fully saturated rings.